The van der Waals surface area contributed by atoms with Crippen molar-refractivity contribution < 1.29 is 18.1 Å². The Balaban J connectivity index is 2.83. The van der Waals surface area contributed by atoms with E-state index in [0.717, 1.165) is 0 Å². The van der Waals surface area contributed by atoms with Gasteiger partial charge in [-0.3, -0.25) is 0 Å². The summed E-state index contributed by atoms with van der Waals surface area (Å²) in [7, 11) is 0. The fourth-order valence-electron chi connectivity index (χ4n) is 0.0321. The lowest BCUT2D eigenvalue weighted by atomic mass is 13.5. The standard InChI is InChI=1S/H3NO4S/c1-4-5-6(2)3/h1H2,(H,2,3)/p-1. The summed E-state index contributed by atoms with van der Waals surface area (Å²) in [5, 5.41) is 0. The van der Waals surface area contributed by atoms with Crippen LogP contribution < -0.4 is 5.90 Å². The van der Waals surface area contributed by atoms with Gasteiger partial charge in [0.25, 0.3) is 0 Å². The van der Waals surface area contributed by atoms with Crippen LogP contribution in [0.1, 0.15) is 0 Å². The highest BCUT2D eigenvalue weighted by Crippen LogP contribution is 1.70. The fraction of sp³-hybridized carbons (Fsp3) is 0. The van der Waals surface area contributed by atoms with E-state index in [9.17, 15) is 8.76 Å². The van der Waals surface area contributed by atoms with Crippen LogP contribution in [0.15, 0.2) is 0 Å². The monoisotopic (exact) mass is 112 g/mol. The van der Waals surface area contributed by atoms with Crippen LogP contribution in [0.3, 0.4) is 0 Å². The molecule has 0 radical (unpaired) electrons. The lowest BCUT2D eigenvalue weighted by Gasteiger charge is -1.96. The first kappa shape index (κ1) is 5.99. The molecule has 1 unspecified atom stereocenters. The molecule has 0 aliphatic carbocycles. The number of nitrogens with two attached hydrogens (primary N) is 1. The van der Waals surface area contributed by atoms with E-state index < -0.39 is 11.4 Å². The molecule has 2 N–H and O–H groups in total. The maximum Gasteiger partial charge on any atom is 0.122 e. The molecule has 0 fully saturated rings. The minimum absolute atomic E-state index is 2.66. The molecule has 38 valence electrons. The van der Waals surface area contributed by atoms with Crippen molar-refractivity contribution in [2.45, 2.75) is 0 Å². The summed E-state index contributed by atoms with van der Waals surface area (Å²) in [6.45, 7) is 0. The van der Waals surface area contributed by atoms with Crippen LogP contribution in [-0.2, 0) is 20.7 Å². The fourth-order valence-corrected chi connectivity index (χ4v) is 0.0962. The van der Waals surface area contributed by atoms with E-state index in [2.05, 4.69) is 15.2 Å². The van der Waals surface area contributed by atoms with Crippen LogP contribution in [0.2, 0.25) is 0 Å². The van der Waals surface area contributed by atoms with E-state index in [-0.39, 0.29) is 0 Å². The van der Waals surface area contributed by atoms with E-state index in [4.69, 9.17) is 0 Å². The van der Waals surface area contributed by atoms with Crippen LogP contribution in [0.4, 0.5) is 0 Å². The first-order valence-electron chi connectivity index (χ1n) is 0.902. The Morgan fingerprint density at radius 1 is 1.83 bits per heavy atom. The summed E-state index contributed by atoms with van der Waals surface area (Å²) in [4.78, 5) is 3.19. The lowest BCUT2D eigenvalue weighted by Crippen LogP contribution is -2.02. The second-order valence-electron chi connectivity index (χ2n) is 0.368. The van der Waals surface area contributed by atoms with Crippen LogP contribution in [0, 0.1) is 0 Å². The predicted octanol–water partition coefficient (Wildman–Crippen LogP) is -1.40. The molecule has 0 bridgehead atoms. The Hall–Kier alpha value is -0.0100. The van der Waals surface area contributed by atoms with Gasteiger partial charge in [0.2, 0.25) is 0 Å². The molecule has 0 aromatic heterocycles. The molecule has 0 amide bonds. The van der Waals surface area contributed by atoms with Crippen molar-refractivity contribution in [1.82, 2.24) is 0 Å². The van der Waals surface area contributed by atoms with Crippen molar-refractivity contribution in [2.75, 3.05) is 0 Å². The van der Waals surface area contributed by atoms with Gasteiger partial charge >= 0.3 is 0 Å². The Morgan fingerprint density at radius 3 is 2.33 bits per heavy atom. The lowest BCUT2D eigenvalue weighted by molar-refractivity contribution is -0.207. The van der Waals surface area contributed by atoms with Gasteiger partial charge in [-0.15, -0.1) is 9.32 Å². The summed E-state index contributed by atoms with van der Waals surface area (Å²) in [5.41, 5.74) is 0. The quantitative estimate of drug-likeness (QED) is 0.270. The van der Waals surface area contributed by atoms with Crippen LogP contribution in [0.25, 0.3) is 0 Å². The molecule has 0 heterocycles. The molecule has 0 saturated heterocycles. The molecule has 0 aliphatic heterocycles. The minimum Gasteiger partial charge on any atom is -0.747 e. The third-order valence-electron chi connectivity index (χ3n) is 0.0948. The SMILES string of the molecule is NOOS(=O)[O-]. The minimum atomic E-state index is -2.66. The average Bonchev–Trinajstić information content (AvgIpc) is 1.35. The zero-order chi connectivity index (χ0) is 4.99. The zero-order valence-electron chi connectivity index (χ0n) is 2.62. The maximum atomic E-state index is 9.17. The molecule has 0 spiro atoms. The van der Waals surface area contributed by atoms with Gasteiger partial charge in [0.05, 0.1) is 0 Å². The molecule has 0 aromatic rings. The zero-order valence-corrected chi connectivity index (χ0v) is 3.44. The molecule has 0 aliphatic rings. The average molecular weight is 112 g/mol. The van der Waals surface area contributed by atoms with Gasteiger partial charge in [0.1, 0.15) is 11.4 Å². The van der Waals surface area contributed by atoms with Gasteiger partial charge in [0, 0.05) is 0 Å². The van der Waals surface area contributed by atoms with Gasteiger partial charge < -0.3 is 4.55 Å². The topological polar surface area (TPSA) is 84.6 Å². The third-order valence-corrected chi connectivity index (χ3v) is 0.285. The Bertz CT molecular complexity index is 51.5. The smallest absolute Gasteiger partial charge is 0.122 e. The summed E-state index contributed by atoms with van der Waals surface area (Å²) in [5.74, 6) is 4.11. The first-order chi connectivity index (χ1) is 2.77. The van der Waals surface area contributed by atoms with E-state index >= 15 is 0 Å². The van der Waals surface area contributed by atoms with Crippen LogP contribution in [0.5, 0.6) is 0 Å². The number of rotatable bonds is 2. The van der Waals surface area contributed by atoms with Crippen molar-refractivity contribution in [3.8, 4) is 0 Å². The molecule has 1 atom stereocenters. The van der Waals surface area contributed by atoms with Crippen molar-refractivity contribution in [2.24, 2.45) is 5.90 Å². The molecule has 0 aromatic carbocycles. The van der Waals surface area contributed by atoms with Crippen molar-refractivity contribution in [1.29, 1.82) is 0 Å². The summed E-state index contributed by atoms with van der Waals surface area (Å²) in [6.07, 6.45) is 0. The third kappa shape index (κ3) is 3.99. The normalized spacial score (nSPS) is 14.3. The Kier molecular flexibility index (Phi) is 3.19. The van der Waals surface area contributed by atoms with Gasteiger partial charge in [-0.05, 0) is 0 Å². The summed E-state index contributed by atoms with van der Waals surface area (Å²) in [6, 6.07) is 0. The van der Waals surface area contributed by atoms with Gasteiger partial charge in [0.15, 0.2) is 0 Å². The van der Waals surface area contributed by atoms with Gasteiger partial charge in [-0.25, -0.2) is 4.21 Å². The van der Waals surface area contributed by atoms with Crippen molar-refractivity contribution in [3.63, 3.8) is 0 Å². The Morgan fingerprint density at radius 2 is 2.33 bits per heavy atom. The predicted molar refractivity (Wildman–Crippen MR) is 15.3 cm³/mol. The van der Waals surface area contributed by atoms with Crippen molar-refractivity contribution in [3.05, 3.63) is 0 Å². The van der Waals surface area contributed by atoms with Gasteiger partial charge in [-0.2, -0.15) is 5.90 Å². The molecular weight excluding hydrogens is 110 g/mol. The summed E-state index contributed by atoms with van der Waals surface area (Å²) >= 11 is -2.66. The largest absolute Gasteiger partial charge is 0.747 e. The number of hydrogen-bond donors (Lipinski definition) is 1. The van der Waals surface area contributed by atoms with E-state index in [1.54, 1.807) is 0 Å². The molecule has 5 nitrogen and oxygen atoms in total. The van der Waals surface area contributed by atoms with Crippen molar-refractivity contribution >= 4 is 11.4 Å². The second-order valence-corrected chi connectivity index (χ2v) is 0.913. The van der Waals surface area contributed by atoms with E-state index in [1.165, 1.54) is 0 Å². The highest BCUT2D eigenvalue weighted by atomic mass is 32.2. The highest BCUT2D eigenvalue weighted by molar-refractivity contribution is 7.73. The molecule has 0 rings (SSSR count). The Labute approximate surface area is 36.4 Å². The second kappa shape index (κ2) is 3.19. The molecule has 6 heavy (non-hydrogen) atoms. The molecule has 0 saturated carbocycles. The number of hydrogen-bond acceptors (Lipinski definition) is 5. The maximum absolute atomic E-state index is 9.17. The van der Waals surface area contributed by atoms with E-state index in [1.807, 2.05) is 0 Å². The highest BCUT2D eigenvalue weighted by Gasteiger charge is 1.71. The first-order valence-corrected chi connectivity index (χ1v) is 1.90. The van der Waals surface area contributed by atoms with E-state index in [0.29, 0.717) is 0 Å². The molecular formula is H2NO4S-. The van der Waals surface area contributed by atoms with Crippen LogP contribution in [-0.4, -0.2) is 8.76 Å². The van der Waals surface area contributed by atoms with Gasteiger partial charge in [-0.1, -0.05) is 0 Å². The van der Waals surface area contributed by atoms with Crippen LogP contribution >= 0.6 is 0 Å². The summed E-state index contributed by atoms with van der Waals surface area (Å²) < 4.78 is 21.6. The molecule has 6 heteroatoms.